The Kier molecular flexibility index (Phi) is 7.89. The fourth-order valence-corrected chi connectivity index (χ4v) is 4.15. The molecule has 1 saturated carbocycles. The first-order valence-electron chi connectivity index (χ1n) is 11.2. The zero-order valence-corrected chi connectivity index (χ0v) is 20.9. The van der Waals surface area contributed by atoms with E-state index < -0.39 is 17.7 Å². The summed E-state index contributed by atoms with van der Waals surface area (Å²) < 4.78 is 39.8. The number of nitrogens with zero attached hydrogens (tertiary/aromatic N) is 1. The lowest BCUT2D eigenvalue weighted by Crippen LogP contribution is -2.26. The van der Waals surface area contributed by atoms with Crippen LogP contribution in [0.5, 0.6) is 17.4 Å². The molecule has 1 aromatic heterocycles. The van der Waals surface area contributed by atoms with Crippen molar-refractivity contribution in [3.8, 4) is 17.4 Å². The van der Waals surface area contributed by atoms with Crippen molar-refractivity contribution < 1.29 is 32.9 Å². The zero-order valence-electron chi connectivity index (χ0n) is 20.1. The van der Waals surface area contributed by atoms with Crippen LogP contribution in [0, 0.1) is 5.82 Å². The molecule has 1 aliphatic rings. The molecule has 3 aromatic rings. The molecule has 190 valence electrons. The van der Waals surface area contributed by atoms with Crippen molar-refractivity contribution >= 4 is 28.4 Å². The topological polar surface area (TPSA) is 108 Å². The summed E-state index contributed by atoms with van der Waals surface area (Å²) in [5, 5.41) is 6.41. The predicted octanol–water partition coefficient (Wildman–Crippen LogP) is 4.17. The predicted molar refractivity (Wildman–Crippen MR) is 132 cm³/mol. The van der Waals surface area contributed by atoms with E-state index in [1.807, 2.05) is 12.1 Å². The number of ether oxygens (including phenoxy) is 4. The largest absolute Gasteiger partial charge is 0.497 e. The van der Waals surface area contributed by atoms with Gasteiger partial charge in [-0.05, 0) is 54.2 Å². The maximum absolute atomic E-state index is 14.2. The van der Waals surface area contributed by atoms with Gasteiger partial charge in [-0.15, -0.1) is 0 Å². The van der Waals surface area contributed by atoms with Crippen LogP contribution >= 0.6 is 11.5 Å². The van der Waals surface area contributed by atoms with Gasteiger partial charge in [-0.2, -0.15) is 4.37 Å². The first-order chi connectivity index (χ1) is 17.4. The molecule has 1 heterocycles. The summed E-state index contributed by atoms with van der Waals surface area (Å²) in [7, 11) is 4.40. The van der Waals surface area contributed by atoms with Crippen molar-refractivity contribution in [1.29, 1.82) is 0 Å². The molecule has 0 spiro atoms. The highest BCUT2D eigenvalue weighted by Crippen LogP contribution is 2.33. The molecule has 0 aliphatic heterocycles. The normalized spacial score (nSPS) is 12.6. The number of amides is 1. The number of halogens is 1. The summed E-state index contributed by atoms with van der Waals surface area (Å²) in [4.78, 5) is 24.8. The Hall–Kier alpha value is -3.86. The second-order valence-electron chi connectivity index (χ2n) is 8.07. The molecule has 1 aliphatic carbocycles. The summed E-state index contributed by atoms with van der Waals surface area (Å²) >= 11 is 1.04. The fraction of sp³-hybridized carbons (Fsp3) is 0.320. The third kappa shape index (κ3) is 5.85. The van der Waals surface area contributed by atoms with Gasteiger partial charge >= 0.3 is 5.97 Å². The van der Waals surface area contributed by atoms with Crippen LogP contribution in [-0.4, -0.2) is 43.6 Å². The van der Waals surface area contributed by atoms with Crippen LogP contribution in [0.4, 0.5) is 9.39 Å². The van der Waals surface area contributed by atoms with Crippen molar-refractivity contribution in [2.24, 2.45) is 0 Å². The molecule has 1 fully saturated rings. The smallest absolute Gasteiger partial charge is 0.346 e. The summed E-state index contributed by atoms with van der Waals surface area (Å²) in [6.45, 7) is 0.319. The highest BCUT2D eigenvalue weighted by atomic mass is 32.1. The zero-order chi connectivity index (χ0) is 25.7. The third-order valence-electron chi connectivity index (χ3n) is 5.55. The third-order valence-corrected chi connectivity index (χ3v) is 6.34. The number of esters is 1. The Labute approximate surface area is 211 Å². The van der Waals surface area contributed by atoms with Crippen LogP contribution < -0.4 is 24.8 Å². The Bertz CT molecular complexity index is 1260. The van der Waals surface area contributed by atoms with E-state index in [1.54, 1.807) is 20.3 Å². The van der Waals surface area contributed by atoms with Gasteiger partial charge in [-0.1, -0.05) is 6.07 Å². The SMILES string of the molecule is COC(=O)c1c(OCc2ccc(F)c(C(=O)NC3CC3)c2)nsc1NCc1ccc(OC)cc1OC. The molecule has 2 aromatic carbocycles. The van der Waals surface area contributed by atoms with Crippen LogP contribution in [0.15, 0.2) is 36.4 Å². The fourth-order valence-electron chi connectivity index (χ4n) is 3.43. The molecule has 0 radical (unpaired) electrons. The first-order valence-corrected chi connectivity index (χ1v) is 12.0. The number of methoxy groups -OCH3 is 3. The van der Waals surface area contributed by atoms with E-state index in [4.69, 9.17) is 18.9 Å². The van der Waals surface area contributed by atoms with Crippen molar-refractivity contribution in [1.82, 2.24) is 9.69 Å². The van der Waals surface area contributed by atoms with Gasteiger partial charge < -0.3 is 29.6 Å². The summed E-state index contributed by atoms with van der Waals surface area (Å²) in [5.74, 6) is -0.327. The molecule has 0 bridgehead atoms. The lowest BCUT2D eigenvalue weighted by atomic mass is 10.1. The van der Waals surface area contributed by atoms with Gasteiger partial charge in [0.1, 0.15) is 28.9 Å². The first kappa shape index (κ1) is 25.2. The van der Waals surface area contributed by atoms with Crippen LogP contribution in [0.2, 0.25) is 0 Å². The molecule has 2 N–H and O–H groups in total. The summed E-state index contributed by atoms with van der Waals surface area (Å²) in [5.41, 5.74) is 1.49. The number of rotatable bonds is 11. The van der Waals surface area contributed by atoms with Crippen LogP contribution in [0.25, 0.3) is 0 Å². The molecular weight excluding hydrogens is 489 g/mol. The van der Waals surface area contributed by atoms with Gasteiger partial charge in [0, 0.05) is 24.2 Å². The van der Waals surface area contributed by atoms with Gasteiger partial charge in [0.15, 0.2) is 5.56 Å². The highest BCUT2D eigenvalue weighted by molar-refractivity contribution is 7.10. The number of anilines is 1. The maximum atomic E-state index is 14.2. The number of aromatic nitrogens is 1. The summed E-state index contributed by atoms with van der Waals surface area (Å²) in [6.07, 6.45) is 1.80. The summed E-state index contributed by atoms with van der Waals surface area (Å²) in [6, 6.07) is 9.71. The van der Waals surface area contributed by atoms with Gasteiger partial charge in [0.05, 0.1) is 26.9 Å². The minimum absolute atomic E-state index is 0.0243. The van der Waals surface area contributed by atoms with Crippen molar-refractivity contribution in [3.63, 3.8) is 0 Å². The minimum Gasteiger partial charge on any atom is -0.497 e. The second-order valence-corrected chi connectivity index (χ2v) is 8.84. The lowest BCUT2D eigenvalue weighted by molar-refractivity contribution is 0.0596. The van der Waals surface area contributed by atoms with E-state index in [1.165, 1.54) is 25.3 Å². The maximum Gasteiger partial charge on any atom is 0.346 e. The minimum atomic E-state index is -0.619. The lowest BCUT2D eigenvalue weighted by Gasteiger charge is -2.12. The van der Waals surface area contributed by atoms with Gasteiger partial charge in [-0.25, -0.2) is 9.18 Å². The van der Waals surface area contributed by atoms with E-state index in [0.717, 1.165) is 29.9 Å². The van der Waals surface area contributed by atoms with E-state index >= 15 is 0 Å². The molecule has 1 amide bonds. The molecule has 4 rings (SSSR count). The molecule has 11 heteroatoms. The number of carbonyl (C=O) groups is 2. The van der Waals surface area contributed by atoms with Crippen LogP contribution in [0.3, 0.4) is 0 Å². The van der Waals surface area contributed by atoms with E-state index in [2.05, 4.69) is 15.0 Å². The Morgan fingerprint density at radius 3 is 2.61 bits per heavy atom. The monoisotopic (exact) mass is 515 g/mol. The second kappa shape index (κ2) is 11.3. The van der Waals surface area contributed by atoms with Crippen molar-refractivity contribution in [2.45, 2.75) is 32.0 Å². The number of hydrogen-bond acceptors (Lipinski definition) is 9. The quantitative estimate of drug-likeness (QED) is 0.367. The Morgan fingerprint density at radius 1 is 1.11 bits per heavy atom. The van der Waals surface area contributed by atoms with E-state index in [0.29, 0.717) is 28.6 Å². The van der Waals surface area contributed by atoms with Gasteiger partial charge in [0.25, 0.3) is 5.91 Å². The molecule has 9 nitrogen and oxygen atoms in total. The number of hydrogen-bond donors (Lipinski definition) is 2. The molecular formula is C25H26FN3O6S. The number of carbonyl (C=O) groups excluding carboxylic acids is 2. The number of benzene rings is 2. The average Bonchev–Trinajstić information content (AvgIpc) is 3.62. The number of nitrogens with one attached hydrogen (secondary N) is 2. The van der Waals surface area contributed by atoms with E-state index in [9.17, 15) is 14.0 Å². The van der Waals surface area contributed by atoms with Crippen molar-refractivity contribution in [3.05, 3.63) is 64.5 Å². The van der Waals surface area contributed by atoms with Crippen LogP contribution in [0.1, 0.15) is 44.7 Å². The standard InChI is InChI=1S/C25H26FN3O6S/c1-32-17-8-5-15(20(11-17)33-2)12-27-24-21(25(31)34-3)23(29-36-24)35-13-14-4-9-19(26)18(10-14)22(30)28-16-6-7-16/h4-5,8-11,16,27H,6-7,12-13H2,1-3H3,(H,28,30). The average molecular weight is 516 g/mol. The Balaban J connectivity index is 1.48. The molecule has 0 saturated heterocycles. The van der Waals surface area contributed by atoms with Crippen molar-refractivity contribution in [2.75, 3.05) is 26.6 Å². The molecule has 0 unspecified atom stereocenters. The molecule has 0 atom stereocenters. The van der Waals surface area contributed by atoms with Gasteiger partial charge in [0.2, 0.25) is 5.88 Å². The Morgan fingerprint density at radius 2 is 1.92 bits per heavy atom. The molecule has 36 heavy (non-hydrogen) atoms. The highest BCUT2D eigenvalue weighted by Gasteiger charge is 2.26. The van der Waals surface area contributed by atoms with E-state index in [-0.39, 0.29) is 29.7 Å². The van der Waals surface area contributed by atoms with Crippen LogP contribution in [-0.2, 0) is 17.9 Å². The van der Waals surface area contributed by atoms with Gasteiger partial charge in [-0.3, -0.25) is 4.79 Å².